The van der Waals surface area contributed by atoms with Crippen molar-refractivity contribution in [3.8, 4) is 0 Å². The molecule has 0 aromatic heterocycles. The Morgan fingerprint density at radius 1 is 1.50 bits per heavy atom. The second kappa shape index (κ2) is 3.87. The van der Waals surface area contributed by atoms with Gasteiger partial charge in [-0.3, -0.25) is 0 Å². The van der Waals surface area contributed by atoms with E-state index in [2.05, 4.69) is 0 Å². The molecule has 0 aliphatic rings. The molecule has 3 heteroatoms. The lowest BCUT2D eigenvalue weighted by Gasteiger charge is -2.04. The number of halogens is 2. The molecule has 0 aliphatic heterocycles. The summed E-state index contributed by atoms with van der Waals surface area (Å²) < 4.78 is 13.1. The fraction of sp³-hybridized carbons (Fsp3) is 0.333. The van der Waals surface area contributed by atoms with Gasteiger partial charge in [0.25, 0.3) is 0 Å². The normalized spacial score (nSPS) is 10.3. The minimum absolute atomic E-state index is 0.162. The van der Waals surface area contributed by atoms with Crippen LogP contribution >= 0.6 is 11.6 Å². The van der Waals surface area contributed by atoms with E-state index in [4.69, 9.17) is 17.3 Å². The van der Waals surface area contributed by atoms with Gasteiger partial charge in [0, 0.05) is 12.1 Å². The molecule has 1 nitrogen and oxygen atoms in total. The van der Waals surface area contributed by atoms with Crippen LogP contribution in [0.5, 0.6) is 0 Å². The Morgan fingerprint density at radius 3 is 2.67 bits per heavy atom. The summed E-state index contributed by atoms with van der Waals surface area (Å²) in [7, 11) is 0. The summed E-state index contributed by atoms with van der Waals surface area (Å²) in [6.45, 7) is 2.18. The van der Waals surface area contributed by atoms with Gasteiger partial charge in [-0.15, -0.1) is 0 Å². The summed E-state index contributed by atoms with van der Waals surface area (Å²) in [4.78, 5) is 0. The lowest BCUT2D eigenvalue weighted by molar-refractivity contribution is 0.610. The topological polar surface area (TPSA) is 26.0 Å². The number of hydrogen-bond acceptors (Lipinski definition) is 1. The van der Waals surface area contributed by atoms with Crippen LogP contribution in [0.15, 0.2) is 12.1 Å². The van der Waals surface area contributed by atoms with E-state index in [1.165, 1.54) is 0 Å². The van der Waals surface area contributed by atoms with Gasteiger partial charge in [0.2, 0.25) is 0 Å². The molecule has 0 aliphatic carbocycles. The summed E-state index contributed by atoms with van der Waals surface area (Å²) in [5.74, 6) is -0.392. The average molecular weight is 188 g/mol. The van der Waals surface area contributed by atoms with Crippen LogP contribution in [-0.4, -0.2) is 0 Å². The van der Waals surface area contributed by atoms with Crippen molar-refractivity contribution in [2.45, 2.75) is 19.9 Å². The molecule has 0 saturated carbocycles. The Balaban J connectivity index is 3.19. The lowest BCUT2D eigenvalue weighted by Crippen LogP contribution is -2.01. The molecular formula is C9H11ClFN. The van der Waals surface area contributed by atoms with Crippen molar-refractivity contribution in [1.82, 2.24) is 0 Å². The van der Waals surface area contributed by atoms with E-state index in [-0.39, 0.29) is 11.6 Å². The van der Waals surface area contributed by atoms with E-state index >= 15 is 0 Å². The second-order valence-corrected chi connectivity index (χ2v) is 3.02. The summed E-state index contributed by atoms with van der Waals surface area (Å²) in [6, 6.07) is 3.39. The fourth-order valence-electron chi connectivity index (χ4n) is 1.06. The third kappa shape index (κ3) is 1.76. The van der Waals surface area contributed by atoms with Crippen molar-refractivity contribution in [3.05, 3.63) is 34.1 Å². The zero-order chi connectivity index (χ0) is 9.14. The first kappa shape index (κ1) is 9.49. The van der Waals surface area contributed by atoms with Gasteiger partial charge in [-0.05, 0) is 18.1 Å². The molecule has 1 aromatic rings. The Hall–Kier alpha value is -0.600. The Labute approximate surface area is 76.3 Å². The summed E-state index contributed by atoms with van der Waals surface area (Å²) in [5, 5.41) is 0.162. The molecule has 0 heterocycles. The van der Waals surface area contributed by atoms with Crippen LogP contribution < -0.4 is 5.73 Å². The maximum absolute atomic E-state index is 13.1. The first-order valence-corrected chi connectivity index (χ1v) is 4.23. The molecule has 1 rings (SSSR count). The summed E-state index contributed by atoms with van der Waals surface area (Å²) in [6.07, 6.45) is 0.840. The molecule has 0 unspecified atom stereocenters. The monoisotopic (exact) mass is 187 g/mol. The molecule has 12 heavy (non-hydrogen) atoms. The zero-order valence-electron chi connectivity index (χ0n) is 6.90. The predicted molar refractivity (Wildman–Crippen MR) is 48.7 cm³/mol. The van der Waals surface area contributed by atoms with Crippen LogP contribution in [0.2, 0.25) is 5.02 Å². The van der Waals surface area contributed by atoms with E-state index < -0.39 is 5.82 Å². The highest BCUT2D eigenvalue weighted by molar-refractivity contribution is 6.30. The van der Waals surface area contributed by atoms with Gasteiger partial charge >= 0.3 is 0 Å². The SMILES string of the molecule is CCc1cc(Cl)c(F)c(CN)c1. The quantitative estimate of drug-likeness (QED) is 0.757. The zero-order valence-corrected chi connectivity index (χ0v) is 7.66. The Morgan fingerprint density at radius 2 is 2.17 bits per heavy atom. The van der Waals surface area contributed by atoms with Gasteiger partial charge in [0.1, 0.15) is 5.82 Å². The smallest absolute Gasteiger partial charge is 0.146 e. The number of aryl methyl sites for hydroxylation is 1. The maximum Gasteiger partial charge on any atom is 0.146 e. The van der Waals surface area contributed by atoms with Crippen LogP contribution in [0.4, 0.5) is 4.39 Å². The van der Waals surface area contributed by atoms with E-state index in [1.54, 1.807) is 12.1 Å². The van der Waals surface area contributed by atoms with Crippen LogP contribution in [0, 0.1) is 5.82 Å². The van der Waals surface area contributed by atoms with E-state index in [9.17, 15) is 4.39 Å². The first-order chi connectivity index (χ1) is 5.69. The van der Waals surface area contributed by atoms with Crippen molar-refractivity contribution < 1.29 is 4.39 Å². The van der Waals surface area contributed by atoms with E-state index in [1.807, 2.05) is 6.92 Å². The van der Waals surface area contributed by atoms with Crippen LogP contribution in [0.1, 0.15) is 18.1 Å². The van der Waals surface area contributed by atoms with E-state index in [0.29, 0.717) is 5.56 Å². The first-order valence-electron chi connectivity index (χ1n) is 3.86. The molecule has 0 fully saturated rings. The molecule has 0 amide bonds. The molecule has 0 spiro atoms. The molecule has 1 aromatic carbocycles. The summed E-state index contributed by atoms with van der Waals surface area (Å²) >= 11 is 5.65. The molecule has 0 saturated heterocycles. The molecule has 0 bridgehead atoms. The lowest BCUT2D eigenvalue weighted by atomic mass is 10.1. The minimum atomic E-state index is -0.392. The molecule has 0 atom stereocenters. The van der Waals surface area contributed by atoms with Gasteiger partial charge in [-0.1, -0.05) is 24.6 Å². The predicted octanol–water partition coefficient (Wildman–Crippen LogP) is 2.50. The van der Waals surface area contributed by atoms with E-state index in [0.717, 1.165) is 12.0 Å². The second-order valence-electron chi connectivity index (χ2n) is 2.61. The van der Waals surface area contributed by atoms with Crippen molar-refractivity contribution in [1.29, 1.82) is 0 Å². The molecule has 0 radical (unpaired) electrons. The highest BCUT2D eigenvalue weighted by Gasteiger charge is 2.06. The number of nitrogens with two attached hydrogens (primary N) is 1. The van der Waals surface area contributed by atoms with Crippen molar-refractivity contribution >= 4 is 11.6 Å². The number of rotatable bonds is 2. The maximum atomic E-state index is 13.1. The number of benzene rings is 1. The van der Waals surface area contributed by atoms with Crippen LogP contribution in [-0.2, 0) is 13.0 Å². The minimum Gasteiger partial charge on any atom is -0.326 e. The van der Waals surface area contributed by atoms with Gasteiger partial charge in [0.05, 0.1) is 5.02 Å². The average Bonchev–Trinajstić information content (AvgIpc) is 2.09. The highest BCUT2D eigenvalue weighted by Crippen LogP contribution is 2.20. The van der Waals surface area contributed by atoms with Crippen LogP contribution in [0.3, 0.4) is 0 Å². The van der Waals surface area contributed by atoms with Gasteiger partial charge in [-0.25, -0.2) is 4.39 Å². The summed E-state index contributed by atoms with van der Waals surface area (Å²) in [5.41, 5.74) is 6.85. The highest BCUT2D eigenvalue weighted by atomic mass is 35.5. The van der Waals surface area contributed by atoms with Gasteiger partial charge < -0.3 is 5.73 Å². The molecular weight excluding hydrogens is 177 g/mol. The Kier molecular flexibility index (Phi) is 3.06. The Bertz CT molecular complexity index is 286. The van der Waals surface area contributed by atoms with Gasteiger partial charge in [0.15, 0.2) is 0 Å². The molecule has 2 N–H and O–H groups in total. The largest absolute Gasteiger partial charge is 0.326 e. The van der Waals surface area contributed by atoms with Crippen LogP contribution in [0.25, 0.3) is 0 Å². The van der Waals surface area contributed by atoms with Crippen molar-refractivity contribution in [2.75, 3.05) is 0 Å². The number of hydrogen-bond donors (Lipinski definition) is 1. The molecule has 66 valence electrons. The fourth-order valence-corrected chi connectivity index (χ4v) is 1.32. The standard InChI is InChI=1S/C9H11ClFN/c1-2-6-3-7(5-12)9(11)8(10)4-6/h3-4H,2,5,12H2,1H3. The van der Waals surface area contributed by atoms with Crippen molar-refractivity contribution in [2.24, 2.45) is 5.73 Å². The third-order valence-corrected chi connectivity index (χ3v) is 2.07. The van der Waals surface area contributed by atoms with Gasteiger partial charge in [-0.2, -0.15) is 0 Å². The third-order valence-electron chi connectivity index (χ3n) is 1.79. The van der Waals surface area contributed by atoms with Crippen molar-refractivity contribution in [3.63, 3.8) is 0 Å².